The van der Waals surface area contributed by atoms with E-state index in [-0.39, 0.29) is 12.7 Å². The van der Waals surface area contributed by atoms with Gasteiger partial charge in [0.1, 0.15) is 0 Å². The molecule has 1 aliphatic rings. The number of amides is 1. The third kappa shape index (κ3) is 3.29. The van der Waals surface area contributed by atoms with Crippen LogP contribution in [-0.2, 0) is 6.42 Å². The van der Waals surface area contributed by atoms with Gasteiger partial charge in [0.2, 0.25) is 6.79 Å². The van der Waals surface area contributed by atoms with Crippen molar-refractivity contribution in [2.75, 3.05) is 13.3 Å². The molecule has 1 N–H and O–H groups in total. The van der Waals surface area contributed by atoms with Gasteiger partial charge in [-0.15, -0.1) is 0 Å². The van der Waals surface area contributed by atoms with Crippen molar-refractivity contribution in [1.82, 2.24) is 5.32 Å². The number of halogens is 2. The third-order valence-electron chi connectivity index (χ3n) is 3.26. The van der Waals surface area contributed by atoms with Crippen LogP contribution in [0.1, 0.15) is 15.9 Å². The van der Waals surface area contributed by atoms with Crippen molar-refractivity contribution in [3.05, 3.63) is 57.6 Å². The summed E-state index contributed by atoms with van der Waals surface area (Å²) >= 11 is 11.9. The number of benzene rings is 2. The fraction of sp³-hybridized carbons (Fsp3) is 0.188. The highest BCUT2D eigenvalue weighted by atomic mass is 35.5. The number of carbonyl (C=O) groups is 1. The summed E-state index contributed by atoms with van der Waals surface area (Å²) in [7, 11) is 0. The Labute approximate surface area is 137 Å². The number of carbonyl (C=O) groups excluding carboxylic acids is 1. The molecule has 1 heterocycles. The van der Waals surface area contributed by atoms with Crippen LogP contribution in [0.15, 0.2) is 36.4 Å². The zero-order chi connectivity index (χ0) is 15.5. The minimum Gasteiger partial charge on any atom is -0.454 e. The molecule has 0 spiro atoms. The normalized spacial score (nSPS) is 12.3. The number of nitrogens with one attached hydrogen (secondary N) is 1. The van der Waals surface area contributed by atoms with Gasteiger partial charge in [0.05, 0.1) is 5.56 Å². The highest BCUT2D eigenvalue weighted by molar-refractivity contribution is 6.34. The molecule has 1 aliphatic heterocycles. The maximum atomic E-state index is 12.2. The van der Waals surface area contributed by atoms with E-state index in [2.05, 4.69) is 5.32 Å². The smallest absolute Gasteiger partial charge is 0.255 e. The standard InChI is InChI=1S/C16H13Cl2NO3/c17-11-6-10(7-12(18)8-11)4-5-19-16(20)13-2-1-3-14-15(13)22-9-21-14/h1-3,6-8H,4-5,9H2,(H,19,20). The van der Waals surface area contributed by atoms with E-state index < -0.39 is 0 Å². The topological polar surface area (TPSA) is 47.6 Å². The highest BCUT2D eigenvalue weighted by Gasteiger charge is 2.21. The SMILES string of the molecule is O=C(NCCc1cc(Cl)cc(Cl)c1)c1cccc2c1OCO2. The monoisotopic (exact) mass is 337 g/mol. The largest absolute Gasteiger partial charge is 0.454 e. The van der Waals surface area contributed by atoms with Gasteiger partial charge >= 0.3 is 0 Å². The molecular formula is C16H13Cl2NO3. The summed E-state index contributed by atoms with van der Waals surface area (Å²) in [5.74, 6) is 0.885. The molecule has 0 aromatic heterocycles. The number of ether oxygens (including phenoxy) is 2. The fourth-order valence-corrected chi connectivity index (χ4v) is 2.85. The van der Waals surface area contributed by atoms with Gasteiger partial charge in [0.25, 0.3) is 5.91 Å². The molecule has 22 heavy (non-hydrogen) atoms. The lowest BCUT2D eigenvalue weighted by Gasteiger charge is -2.08. The quantitative estimate of drug-likeness (QED) is 0.925. The predicted molar refractivity (Wildman–Crippen MR) is 85.1 cm³/mol. The second-order valence-corrected chi connectivity index (χ2v) is 5.70. The molecule has 2 aromatic rings. The fourth-order valence-electron chi connectivity index (χ4n) is 2.28. The van der Waals surface area contributed by atoms with Crippen LogP contribution in [0.3, 0.4) is 0 Å². The molecule has 3 rings (SSSR count). The Bertz CT molecular complexity index is 698. The van der Waals surface area contributed by atoms with Gasteiger partial charge in [0.15, 0.2) is 11.5 Å². The molecule has 4 nitrogen and oxygen atoms in total. The summed E-state index contributed by atoms with van der Waals surface area (Å²) < 4.78 is 10.6. The minimum atomic E-state index is -0.199. The summed E-state index contributed by atoms with van der Waals surface area (Å²) in [5.41, 5.74) is 1.44. The second-order valence-electron chi connectivity index (χ2n) is 4.82. The van der Waals surface area contributed by atoms with Crippen molar-refractivity contribution in [3.8, 4) is 11.5 Å². The van der Waals surface area contributed by atoms with Gasteiger partial charge in [-0.05, 0) is 42.3 Å². The molecule has 2 aromatic carbocycles. The van der Waals surface area contributed by atoms with E-state index in [4.69, 9.17) is 32.7 Å². The lowest BCUT2D eigenvalue weighted by molar-refractivity contribution is 0.0949. The summed E-state index contributed by atoms with van der Waals surface area (Å²) in [6.45, 7) is 0.612. The van der Waals surface area contributed by atoms with Crippen molar-refractivity contribution in [3.63, 3.8) is 0 Å². The Morgan fingerprint density at radius 1 is 1.14 bits per heavy atom. The van der Waals surface area contributed by atoms with Crippen LogP contribution in [0.4, 0.5) is 0 Å². The van der Waals surface area contributed by atoms with Gasteiger partial charge in [-0.3, -0.25) is 4.79 Å². The molecule has 0 unspecified atom stereocenters. The van der Waals surface area contributed by atoms with Crippen LogP contribution in [0, 0.1) is 0 Å². The van der Waals surface area contributed by atoms with Gasteiger partial charge in [-0.25, -0.2) is 0 Å². The second kappa shape index (κ2) is 6.46. The lowest BCUT2D eigenvalue weighted by atomic mass is 10.1. The molecule has 1 amide bonds. The van der Waals surface area contributed by atoms with Gasteiger partial charge in [-0.1, -0.05) is 29.3 Å². The van der Waals surface area contributed by atoms with Crippen molar-refractivity contribution in [2.24, 2.45) is 0 Å². The van der Waals surface area contributed by atoms with E-state index in [1.54, 1.807) is 24.3 Å². The van der Waals surface area contributed by atoms with E-state index in [1.807, 2.05) is 12.1 Å². The van der Waals surface area contributed by atoms with Crippen LogP contribution in [0.5, 0.6) is 11.5 Å². The van der Waals surface area contributed by atoms with Gasteiger partial charge in [0, 0.05) is 16.6 Å². The first kappa shape index (κ1) is 15.0. The maximum absolute atomic E-state index is 12.2. The van der Waals surface area contributed by atoms with Gasteiger partial charge < -0.3 is 14.8 Å². The Morgan fingerprint density at radius 2 is 1.91 bits per heavy atom. The first-order valence-corrected chi connectivity index (χ1v) is 7.51. The molecule has 0 bridgehead atoms. The maximum Gasteiger partial charge on any atom is 0.255 e. The molecule has 0 radical (unpaired) electrons. The van der Waals surface area contributed by atoms with Crippen LogP contribution in [-0.4, -0.2) is 19.2 Å². The van der Waals surface area contributed by atoms with Crippen molar-refractivity contribution in [2.45, 2.75) is 6.42 Å². The number of fused-ring (bicyclic) bond motifs is 1. The molecule has 0 saturated heterocycles. The Balaban J connectivity index is 1.62. The molecule has 0 aliphatic carbocycles. The van der Waals surface area contributed by atoms with E-state index in [0.29, 0.717) is 40.1 Å². The molecule has 0 saturated carbocycles. The van der Waals surface area contributed by atoms with Gasteiger partial charge in [-0.2, -0.15) is 0 Å². The first-order chi connectivity index (χ1) is 10.6. The van der Waals surface area contributed by atoms with Crippen LogP contribution >= 0.6 is 23.2 Å². The number of rotatable bonds is 4. The van der Waals surface area contributed by atoms with E-state index in [9.17, 15) is 4.79 Å². The molecule has 6 heteroatoms. The van der Waals surface area contributed by atoms with Crippen molar-refractivity contribution < 1.29 is 14.3 Å². The van der Waals surface area contributed by atoms with Crippen molar-refractivity contribution in [1.29, 1.82) is 0 Å². The predicted octanol–water partition coefficient (Wildman–Crippen LogP) is 3.69. The summed E-state index contributed by atoms with van der Waals surface area (Å²) in [4.78, 5) is 12.2. The first-order valence-electron chi connectivity index (χ1n) is 6.75. The summed E-state index contributed by atoms with van der Waals surface area (Å²) in [6, 6.07) is 10.6. The highest BCUT2D eigenvalue weighted by Crippen LogP contribution is 2.35. The summed E-state index contributed by atoms with van der Waals surface area (Å²) in [5, 5.41) is 4.02. The summed E-state index contributed by atoms with van der Waals surface area (Å²) in [6.07, 6.45) is 0.637. The van der Waals surface area contributed by atoms with E-state index >= 15 is 0 Å². The third-order valence-corrected chi connectivity index (χ3v) is 3.70. The lowest BCUT2D eigenvalue weighted by Crippen LogP contribution is -2.26. The zero-order valence-corrected chi connectivity index (χ0v) is 13.1. The minimum absolute atomic E-state index is 0.140. The molecule has 114 valence electrons. The average Bonchev–Trinajstić information content (AvgIpc) is 2.94. The van der Waals surface area contributed by atoms with Crippen LogP contribution in [0.25, 0.3) is 0 Å². The van der Waals surface area contributed by atoms with Crippen molar-refractivity contribution >= 4 is 29.1 Å². The Hall–Kier alpha value is -1.91. The number of para-hydroxylation sites is 1. The molecule has 0 fully saturated rings. The van der Waals surface area contributed by atoms with Crippen LogP contribution in [0.2, 0.25) is 10.0 Å². The Morgan fingerprint density at radius 3 is 2.68 bits per heavy atom. The van der Waals surface area contributed by atoms with E-state index in [0.717, 1.165) is 5.56 Å². The number of hydrogen-bond acceptors (Lipinski definition) is 3. The number of hydrogen-bond donors (Lipinski definition) is 1. The Kier molecular flexibility index (Phi) is 4.41. The van der Waals surface area contributed by atoms with Crippen LogP contribution < -0.4 is 14.8 Å². The van der Waals surface area contributed by atoms with E-state index in [1.165, 1.54) is 0 Å². The zero-order valence-electron chi connectivity index (χ0n) is 11.6. The molecular weight excluding hydrogens is 325 g/mol. The average molecular weight is 338 g/mol. The molecule has 0 atom stereocenters.